The van der Waals surface area contributed by atoms with E-state index in [1.165, 1.54) is 0 Å². The largest absolute Gasteiger partial charge is 0.361 e. The predicted molar refractivity (Wildman–Crippen MR) is 57.6 cm³/mol. The van der Waals surface area contributed by atoms with E-state index in [0.29, 0.717) is 0 Å². The highest BCUT2D eigenvalue weighted by molar-refractivity contribution is 5.88. The minimum Gasteiger partial charge on any atom is -0.361 e. The second kappa shape index (κ2) is 4.41. The number of hydrogen-bond acceptors (Lipinski definition) is 2. The van der Waals surface area contributed by atoms with Gasteiger partial charge in [-0.05, 0) is 5.56 Å². The zero-order valence-corrected chi connectivity index (χ0v) is 9.32. The summed E-state index contributed by atoms with van der Waals surface area (Å²) in [6, 6.07) is 7.91. The molecule has 1 heterocycles. The maximum atomic E-state index is 13.0. The van der Waals surface area contributed by atoms with Crippen LogP contribution in [0.15, 0.2) is 30.3 Å². The van der Waals surface area contributed by atoms with Gasteiger partial charge in [0.1, 0.15) is 6.04 Å². The Morgan fingerprint density at radius 1 is 1.35 bits per heavy atom. The Labute approximate surface area is 97.8 Å². The Balaban J connectivity index is 1.93. The first-order valence-corrected chi connectivity index (χ1v) is 5.32. The molecule has 1 aromatic rings. The summed E-state index contributed by atoms with van der Waals surface area (Å²) in [4.78, 5) is 11.1. The van der Waals surface area contributed by atoms with Gasteiger partial charge in [0, 0.05) is 6.92 Å². The third-order valence-electron chi connectivity index (χ3n) is 2.68. The molecular formula is C12H13F2NO2. The smallest absolute Gasteiger partial charge is 0.268 e. The van der Waals surface area contributed by atoms with Crippen LogP contribution in [0.4, 0.5) is 8.78 Å². The van der Waals surface area contributed by atoms with Crippen LogP contribution in [0.25, 0.3) is 0 Å². The summed E-state index contributed by atoms with van der Waals surface area (Å²) in [6.45, 7) is 0.932. The second-order valence-corrected chi connectivity index (χ2v) is 4.16. The maximum absolute atomic E-state index is 13.0. The number of amides is 1. The molecule has 1 aliphatic rings. The molecule has 1 aromatic carbocycles. The van der Waals surface area contributed by atoms with Crippen molar-refractivity contribution in [3.05, 3.63) is 35.9 Å². The summed E-state index contributed by atoms with van der Waals surface area (Å²) in [5.41, 5.74) is 0.852. The van der Waals surface area contributed by atoms with Gasteiger partial charge in [0.15, 0.2) is 6.10 Å². The summed E-state index contributed by atoms with van der Waals surface area (Å²) >= 11 is 0. The van der Waals surface area contributed by atoms with E-state index in [1.54, 1.807) is 0 Å². The van der Waals surface area contributed by atoms with Crippen molar-refractivity contribution in [3.63, 3.8) is 0 Å². The van der Waals surface area contributed by atoms with Gasteiger partial charge >= 0.3 is 0 Å². The number of ether oxygens (including phenoxy) is 1. The van der Waals surface area contributed by atoms with Gasteiger partial charge < -0.3 is 10.1 Å². The van der Waals surface area contributed by atoms with Crippen LogP contribution in [0.5, 0.6) is 0 Å². The molecule has 92 valence electrons. The molecule has 0 spiro atoms. The fourth-order valence-corrected chi connectivity index (χ4v) is 1.69. The highest BCUT2D eigenvalue weighted by Gasteiger charge is 2.52. The third kappa shape index (κ3) is 2.61. The minimum absolute atomic E-state index is 0.158. The Hall–Kier alpha value is -1.49. The Morgan fingerprint density at radius 3 is 2.53 bits per heavy atom. The first kappa shape index (κ1) is 12.0. The van der Waals surface area contributed by atoms with Crippen molar-refractivity contribution >= 4 is 5.91 Å². The van der Waals surface area contributed by atoms with E-state index in [9.17, 15) is 13.6 Å². The number of β-lactam (4-membered cyclic amide) rings is 1. The quantitative estimate of drug-likeness (QED) is 0.815. The van der Waals surface area contributed by atoms with Gasteiger partial charge in [-0.3, -0.25) is 4.79 Å². The fourth-order valence-electron chi connectivity index (χ4n) is 1.69. The van der Waals surface area contributed by atoms with Gasteiger partial charge in [0.2, 0.25) is 0 Å². The number of halogens is 2. The van der Waals surface area contributed by atoms with Gasteiger partial charge in [0.05, 0.1) is 6.61 Å². The van der Waals surface area contributed by atoms with Crippen LogP contribution in [0.3, 0.4) is 0 Å². The topological polar surface area (TPSA) is 38.3 Å². The van der Waals surface area contributed by atoms with E-state index in [2.05, 4.69) is 5.32 Å². The van der Waals surface area contributed by atoms with Crippen molar-refractivity contribution in [2.45, 2.75) is 31.6 Å². The van der Waals surface area contributed by atoms with Crippen LogP contribution in [0.1, 0.15) is 12.5 Å². The standard InChI is InChI=1S/C12H13F2NO2/c1-12(13,14)10-9(11(16)15-10)17-7-8-5-3-2-4-6-8/h2-6,9-10H,7H2,1H3,(H,15,16). The Morgan fingerprint density at radius 2 is 2.00 bits per heavy atom. The normalized spacial score (nSPS) is 24.1. The van der Waals surface area contributed by atoms with E-state index < -0.39 is 24.0 Å². The molecule has 2 atom stereocenters. The third-order valence-corrected chi connectivity index (χ3v) is 2.68. The molecule has 0 bridgehead atoms. The van der Waals surface area contributed by atoms with Crippen molar-refractivity contribution < 1.29 is 18.3 Å². The lowest BCUT2D eigenvalue weighted by Gasteiger charge is -2.39. The van der Waals surface area contributed by atoms with Crippen LogP contribution < -0.4 is 5.32 Å². The van der Waals surface area contributed by atoms with Crippen LogP contribution in [0, 0.1) is 0 Å². The Kier molecular flexibility index (Phi) is 3.11. The summed E-state index contributed by atoms with van der Waals surface area (Å²) in [5, 5.41) is 2.16. The van der Waals surface area contributed by atoms with E-state index >= 15 is 0 Å². The van der Waals surface area contributed by atoms with Crippen LogP contribution in [-0.4, -0.2) is 24.0 Å². The maximum Gasteiger partial charge on any atom is 0.268 e. The first-order chi connectivity index (χ1) is 7.98. The van der Waals surface area contributed by atoms with Crippen molar-refractivity contribution in [3.8, 4) is 0 Å². The predicted octanol–water partition coefficient (Wildman–Crippen LogP) is 1.73. The minimum atomic E-state index is -2.96. The SMILES string of the molecule is CC(F)(F)C1NC(=O)C1OCc1ccccc1. The molecule has 2 rings (SSSR count). The number of benzene rings is 1. The van der Waals surface area contributed by atoms with Crippen molar-refractivity contribution in [1.29, 1.82) is 0 Å². The van der Waals surface area contributed by atoms with Crippen LogP contribution in [0.2, 0.25) is 0 Å². The summed E-state index contributed by atoms with van der Waals surface area (Å²) in [6.07, 6.45) is -1.06. The number of carbonyl (C=O) groups is 1. The zero-order chi connectivity index (χ0) is 12.5. The van der Waals surface area contributed by atoms with Gasteiger partial charge in [-0.25, -0.2) is 8.78 Å². The summed E-state index contributed by atoms with van der Waals surface area (Å²) in [5.74, 6) is -3.44. The number of rotatable bonds is 4. The molecule has 17 heavy (non-hydrogen) atoms. The lowest BCUT2D eigenvalue weighted by Crippen LogP contribution is -2.69. The lowest BCUT2D eigenvalue weighted by molar-refractivity contribution is -0.170. The Bertz CT molecular complexity index is 403. The molecule has 0 radical (unpaired) electrons. The average molecular weight is 241 g/mol. The molecule has 0 aliphatic carbocycles. The number of alkyl halides is 2. The van der Waals surface area contributed by atoms with Crippen molar-refractivity contribution in [2.24, 2.45) is 0 Å². The van der Waals surface area contributed by atoms with Crippen molar-refractivity contribution in [1.82, 2.24) is 5.32 Å². The molecule has 1 saturated heterocycles. The second-order valence-electron chi connectivity index (χ2n) is 4.16. The molecule has 3 nitrogen and oxygen atoms in total. The highest BCUT2D eigenvalue weighted by atomic mass is 19.3. The molecule has 1 N–H and O–H groups in total. The first-order valence-electron chi connectivity index (χ1n) is 5.32. The molecular weight excluding hydrogens is 228 g/mol. The molecule has 2 unspecified atom stereocenters. The molecule has 1 amide bonds. The number of nitrogens with one attached hydrogen (secondary N) is 1. The average Bonchev–Trinajstić information content (AvgIpc) is 2.26. The van der Waals surface area contributed by atoms with Gasteiger partial charge in [0.25, 0.3) is 11.8 Å². The molecule has 1 aliphatic heterocycles. The van der Waals surface area contributed by atoms with E-state index in [0.717, 1.165) is 12.5 Å². The number of hydrogen-bond donors (Lipinski definition) is 1. The van der Waals surface area contributed by atoms with Crippen LogP contribution >= 0.6 is 0 Å². The molecule has 5 heteroatoms. The summed E-state index contributed by atoms with van der Waals surface area (Å²) in [7, 11) is 0. The van der Waals surface area contributed by atoms with Crippen LogP contribution in [-0.2, 0) is 16.1 Å². The van der Waals surface area contributed by atoms with Gasteiger partial charge in [-0.2, -0.15) is 0 Å². The summed E-state index contributed by atoms with van der Waals surface area (Å²) < 4.78 is 31.3. The highest BCUT2D eigenvalue weighted by Crippen LogP contribution is 2.27. The molecule has 1 fully saturated rings. The van der Waals surface area contributed by atoms with E-state index in [1.807, 2.05) is 30.3 Å². The number of carbonyl (C=O) groups excluding carboxylic acids is 1. The fraction of sp³-hybridized carbons (Fsp3) is 0.417. The zero-order valence-electron chi connectivity index (χ0n) is 9.32. The van der Waals surface area contributed by atoms with E-state index in [4.69, 9.17) is 4.74 Å². The monoisotopic (exact) mass is 241 g/mol. The van der Waals surface area contributed by atoms with Crippen molar-refractivity contribution in [2.75, 3.05) is 0 Å². The van der Waals surface area contributed by atoms with Gasteiger partial charge in [-0.1, -0.05) is 30.3 Å². The van der Waals surface area contributed by atoms with Gasteiger partial charge in [-0.15, -0.1) is 0 Å². The van der Waals surface area contributed by atoms with E-state index in [-0.39, 0.29) is 6.61 Å². The molecule has 0 saturated carbocycles. The lowest BCUT2D eigenvalue weighted by atomic mass is 9.96. The molecule has 0 aromatic heterocycles.